The van der Waals surface area contributed by atoms with Crippen molar-refractivity contribution in [3.63, 3.8) is 0 Å². The highest BCUT2D eigenvalue weighted by molar-refractivity contribution is 9.11. The highest BCUT2D eigenvalue weighted by atomic mass is 79.9. The van der Waals surface area contributed by atoms with Crippen LogP contribution >= 0.6 is 26.2 Å². The van der Waals surface area contributed by atoms with Gasteiger partial charge in [-0.25, -0.2) is 0 Å². The van der Waals surface area contributed by atoms with Crippen molar-refractivity contribution < 1.29 is 24.2 Å². The van der Waals surface area contributed by atoms with Crippen LogP contribution in [-0.4, -0.2) is 11.0 Å². The zero-order chi connectivity index (χ0) is 11.3. The number of allylic oxidation sites excluding steroid dienone is 3. The monoisotopic (exact) mass is 298 g/mol. The molecule has 0 aromatic carbocycles. The molecule has 0 saturated heterocycles. The van der Waals surface area contributed by atoms with E-state index >= 15 is 0 Å². The molecule has 0 fully saturated rings. The maximum Gasteiger partial charge on any atom is 0.298 e. The Bertz CT molecular complexity index is 353. The van der Waals surface area contributed by atoms with E-state index < -0.39 is 21.3 Å². The van der Waals surface area contributed by atoms with Gasteiger partial charge in [-0.15, -0.1) is 0 Å². The smallest absolute Gasteiger partial charge is 0.293 e. The van der Waals surface area contributed by atoms with Crippen molar-refractivity contribution >= 4 is 31.9 Å². The van der Waals surface area contributed by atoms with E-state index in [1.54, 1.807) is 0 Å². The molecule has 1 aliphatic carbocycles. The maximum atomic E-state index is 12.2. The van der Waals surface area contributed by atoms with Crippen molar-refractivity contribution in [2.24, 2.45) is 0 Å². The fourth-order valence-corrected chi connectivity index (χ4v) is 2.38. The van der Waals surface area contributed by atoms with Gasteiger partial charge in [-0.3, -0.25) is 4.79 Å². The Hall–Kier alpha value is -0.370. The summed E-state index contributed by atoms with van der Waals surface area (Å²) in [4.78, 5) is 10.7. The average Bonchev–Trinajstić information content (AvgIpc) is 1.89. The van der Waals surface area contributed by atoms with E-state index in [1.165, 1.54) is 0 Å². The van der Waals surface area contributed by atoms with Crippen molar-refractivity contribution in [2.45, 2.75) is 5.25 Å². The van der Waals surface area contributed by atoms with Crippen LogP contribution in [0.2, 0.25) is 0 Å². The van der Waals surface area contributed by atoms with Crippen LogP contribution in [0, 0.1) is 0 Å². The first kappa shape index (κ1) is 11.7. The van der Waals surface area contributed by atoms with E-state index in [0.29, 0.717) is 6.08 Å². The summed E-state index contributed by atoms with van der Waals surface area (Å²) in [6, 6.07) is 0. The van der Waals surface area contributed by atoms with E-state index in [9.17, 15) is 24.2 Å². The molecule has 8 heteroatoms. The molecule has 1 atom stereocenters. The number of hydrogen-bond acceptors (Lipinski definition) is 1. The fourth-order valence-electron chi connectivity index (χ4n) is 0.887. The fraction of sp³-hybridized carbons (Fsp3) is 0.167. The number of carbonyl (C=O) groups is 1. The van der Waals surface area contributed by atoms with Crippen LogP contribution in [0.3, 0.4) is 0 Å². The molecule has 0 N–H and O–H groups in total. The van der Waals surface area contributed by atoms with Crippen LogP contribution in [0.15, 0.2) is 22.7 Å². The predicted octanol–water partition coefficient (Wildman–Crippen LogP) is 4.07. The molecule has 0 bridgehead atoms. The molecule has 82 valence electrons. The lowest BCUT2D eigenvalue weighted by Gasteiger charge is -2.45. The van der Waals surface area contributed by atoms with Gasteiger partial charge in [0.1, 0.15) is 0 Å². The number of carbonyl (C=O) groups excluding carboxylic acids is 1. The zero-order valence-corrected chi connectivity index (χ0v) is 8.80. The lowest BCUT2D eigenvalue weighted by Crippen LogP contribution is -2.31. The molecule has 1 aliphatic rings. The lowest BCUT2D eigenvalue weighted by molar-refractivity contribution is -0.114. The minimum atomic E-state index is -9.77. The van der Waals surface area contributed by atoms with Gasteiger partial charge in [-0.2, -0.15) is 0 Å². The van der Waals surface area contributed by atoms with Gasteiger partial charge < -0.3 is 0 Å². The highest BCUT2D eigenvalue weighted by Crippen LogP contribution is 3.00. The Labute approximate surface area is 84.5 Å². The molecule has 0 saturated carbocycles. The Morgan fingerprint density at radius 1 is 1.14 bits per heavy atom. The minimum Gasteiger partial charge on any atom is -0.293 e. The molecule has 1 nitrogen and oxygen atoms in total. The van der Waals surface area contributed by atoms with Crippen LogP contribution in [-0.2, 0) is 4.79 Å². The van der Waals surface area contributed by atoms with Crippen LogP contribution in [0.5, 0.6) is 0 Å². The van der Waals surface area contributed by atoms with Gasteiger partial charge in [0, 0.05) is 4.48 Å². The minimum absolute atomic E-state index is 0.171. The second kappa shape index (κ2) is 2.41. The Kier molecular flexibility index (Phi) is 2.01. The third kappa shape index (κ3) is 2.57. The van der Waals surface area contributed by atoms with Crippen LogP contribution in [0.25, 0.3) is 0 Å². The summed E-state index contributed by atoms with van der Waals surface area (Å²) in [5, 5.41) is -3.31. The van der Waals surface area contributed by atoms with Crippen molar-refractivity contribution in [2.75, 3.05) is 0 Å². The van der Waals surface area contributed by atoms with E-state index in [2.05, 4.69) is 15.9 Å². The molecular formula is C6H4BrF5OS. The molecule has 1 rings (SSSR count). The van der Waals surface area contributed by atoms with Gasteiger partial charge >= 0.3 is 0 Å². The largest absolute Gasteiger partial charge is 0.298 e. The van der Waals surface area contributed by atoms with Gasteiger partial charge in [-0.05, 0) is 18.2 Å². The van der Waals surface area contributed by atoms with Gasteiger partial charge in [0.2, 0.25) is 0 Å². The topological polar surface area (TPSA) is 17.1 Å². The summed E-state index contributed by atoms with van der Waals surface area (Å²) < 4.78 is 60.8. The molecule has 0 radical (unpaired) electrons. The average molecular weight is 299 g/mol. The summed E-state index contributed by atoms with van der Waals surface area (Å²) >= 11 is 2.60. The summed E-state index contributed by atoms with van der Waals surface area (Å²) in [5.41, 5.74) is 0. The highest BCUT2D eigenvalue weighted by Gasteiger charge is 2.71. The third-order valence-electron chi connectivity index (χ3n) is 1.48. The van der Waals surface area contributed by atoms with E-state index in [4.69, 9.17) is 0 Å². The van der Waals surface area contributed by atoms with Crippen molar-refractivity contribution in [1.29, 1.82) is 0 Å². The number of hydrogen-bond donors (Lipinski definition) is 0. The molecule has 14 heavy (non-hydrogen) atoms. The number of halogens is 6. The molecule has 0 aromatic heterocycles. The maximum absolute atomic E-state index is 12.2. The summed E-state index contributed by atoms with van der Waals surface area (Å²) in [5.74, 6) is -1.65. The number of ketones is 1. The normalized spacial score (nSPS) is 28.0. The molecular weight excluding hydrogens is 295 g/mol. The van der Waals surface area contributed by atoms with E-state index in [1.807, 2.05) is 0 Å². The Balaban J connectivity index is 3.27. The quantitative estimate of drug-likeness (QED) is 0.667. The second-order valence-corrected chi connectivity index (χ2v) is 6.22. The molecule has 0 spiro atoms. The van der Waals surface area contributed by atoms with E-state index in [-0.39, 0.29) is 10.6 Å². The van der Waals surface area contributed by atoms with Crippen molar-refractivity contribution in [1.82, 2.24) is 0 Å². The lowest BCUT2D eigenvalue weighted by atomic mass is 10.2. The predicted molar refractivity (Wildman–Crippen MR) is 48.1 cm³/mol. The summed E-state index contributed by atoms with van der Waals surface area (Å²) in [6.45, 7) is 0. The second-order valence-electron chi connectivity index (χ2n) is 2.74. The SMILES string of the molecule is O=C1C=CC(Br)=CC1S(F)(F)(F)(F)F. The third-order valence-corrected chi connectivity index (χ3v) is 3.33. The molecule has 0 aliphatic heterocycles. The molecule has 0 heterocycles. The first-order valence-corrected chi connectivity index (χ1v) is 6.03. The van der Waals surface area contributed by atoms with Crippen LogP contribution in [0.4, 0.5) is 19.4 Å². The van der Waals surface area contributed by atoms with Crippen molar-refractivity contribution in [3.05, 3.63) is 22.7 Å². The standard InChI is InChI=1S/C6H4BrF5OS/c7-4-1-2-5(13)6(3-4)14(8,9,10,11)12/h1-3,6H. The van der Waals surface area contributed by atoms with Gasteiger partial charge in [-0.1, -0.05) is 35.4 Å². The van der Waals surface area contributed by atoms with Gasteiger partial charge in [0.05, 0.1) is 0 Å². The first-order valence-electron chi connectivity index (χ1n) is 3.22. The Morgan fingerprint density at radius 3 is 2.00 bits per heavy atom. The zero-order valence-electron chi connectivity index (χ0n) is 6.39. The molecule has 0 aromatic rings. The van der Waals surface area contributed by atoms with Crippen molar-refractivity contribution in [3.8, 4) is 0 Å². The first-order chi connectivity index (χ1) is 5.90. The molecule has 0 amide bonds. The van der Waals surface area contributed by atoms with Crippen LogP contribution in [0.1, 0.15) is 0 Å². The van der Waals surface area contributed by atoms with Gasteiger partial charge in [0.25, 0.3) is 10.2 Å². The van der Waals surface area contributed by atoms with E-state index in [0.717, 1.165) is 6.08 Å². The summed E-state index contributed by atoms with van der Waals surface area (Å²) in [7, 11) is -9.77. The van der Waals surface area contributed by atoms with Crippen LogP contribution < -0.4 is 0 Å². The Morgan fingerprint density at radius 2 is 1.64 bits per heavy atom. The number of rotatable bonds is 1. The molecule has 1 unspecified atom stereocenters. The van der Waals surface area contributed by atoms with Gasteiger partial charge in [0.15, 0.2) is 11.0 Å². The summed E-state index contributed by atoms with van der Waals surface area (Å²) in [6.07, 6.45) is 1.64.